The molecule has 1 atom stereocenters. The molecule has 0 fully saturated rings. The molecule has 0 radical (unpaired) electrons. The molecule has 0 saturated heterocycles. The number of benzene rings is 1. The number of nitrogens with zero attached hydrogens (tertiary/aromatic N) is 1. The first-order chi connectivity index (χ1) is 10.2. The van der Waals surface area contributed by atoms with Crippen molar-refractivity contribution in [2.24, 2.45) is 5.92 Å². The highest BCUT2D eigenvalue weighted by Crippen LogP contribution is 2.28. The molecule has 0 saturated carbocycles. The predicted molar refractivity (Wildman–Crippen MR) is 81.5 cm³/mol. The lowest BCUT2D eigenvalue weighted by Gasteiger charge is -2.16. The molecule has 3 rings (SSSR count). The Kier molecular flexibility index (Phi) is 3.78. The molecule has 1 aromatic heterocycles. The quantitative estimate of drug-likeness (QED) is 0.936. The smallest absolute Gasteiger partial charge is 0.278 e. The Labute approximate surface area is 124 Å². The molecule has 2 aromatic rings. The Bertz CT molecular complexity index is 661. The monoisotopic (exact) mass is 284 g/mol. The number of carbonyl (C=O) groups excluding carboxylic acids is 1. The van der Waals surface area contributed by atoms with Gasteiger partial charge in [0.05, 0.1) is 0 Å². The molecule has 0 spiro atoms. The molecule has 4 nitrogen and oxygen atoms in total. The summed E-state index contributed by atoms with van der Waals surface area (Å²) >= 11 is 0. The molecule has 1 aromatic carbocycles. The third kappa shape index (κ3) is 2.84. The summed E-state index contributed by atoms with van der Waals surface area (Å²) in [4.78, 5) is 12.4. The van der Waals surface area contributed by atoms with Crippen LogP contribution in [0.3, 0.4) is 0 Å². The standard InChI is InChI=1S/C17H20N2O2/c1-3-12-5-4-6-13(10-12)18-17(20)16-14-9-11(2)7-8-15(14)21-19-16/h4-6,10-11H,3,7-9H2,1-2H3,(H,18,20). The van der Waals surface area contributed by atoms with E-state index in [1.54, 1.807) is 0 Å². The van der Waals surface area contributed by atoms with Gasteiger partial charge in [-0.2, -0.15) is 0 Å². The second-order valence-electron chi connectivity index (χ2n) is 5.79. The molecule has 1 N–H and O–H groups in total. The van der Waals surface area contributed by atoms with E-state index in [4.69, 9.17) is 4.52 Å². The number of carbonyl (C=O) groups is 1. The summed E-state index contributed by atoms with van der Waals surface area (Å²) in [6.07, 6.45) is 3.79. The molecule has 0 bridgehead atoms. The fraction of sp³-hybridized carbons (Fsp3) is 0.412. The third-order valence-corrected chi connectivity index (χ3v) is 4.09. The van der Waals surface area contributed by atoms with Crippen molar-refractivity contribution < 1.29 is 9.32 Å². The van der Waals surface area contributed by atoms with E-state index in [1.807, 2.05) is 18.2 Å². The average molecular weight is 284 g/mol. The highest BCUT2D eigenvalue weighted by Gasteiger charge is 2.26. The number of hydrogen-bond donors (Lipinski definition) is 1. The molecule has 1 aliphatic carbocycles. The van der Waals surface area contributed by atoms with E-state index in [9.17, 15) is 4.79 Å². The van der Waals surface area contributed by atoms with Gasteiger partial charge >= 0.3 is 0 Å². The molecule has 4 heteroatoms. The number of aromatic nitrogens is 1. The zero-order valence-electron chi connectivity index (χ0n) is 12.5. The first-order valence-electron chi connectivity index (χ1n) is 7.55. The van der Waals surface area contributed by atoms with Crippen molar-refractivity contribution in [3.63, 3.8) is 0 Å². The molecule has 1 unspecified atom stereocenters. The normalized spacial score (nSPS) is 17.3. The van der Waals surface area contributed by atoms with E-state index in [-0.39, 0.29) is 5.91 Å². The van der Waals surface area contributed by atoms with Crippen LogP contribution >= 0.6 is 0 Å². The van der Waals surface area contributed by atoms with Gasteiger partial charge in [0, 0.05) is 17.7 Å². The van der Waals surface area contributed by atoms with Crippen LogP contribution in [-0.4, -0.2) is 11.1 Å². The summed E-state index contributed by atoms with van der Waals surface area (Å²) in [5.74, 6) is 1.27. The van der Waals surface area contributed by atoms with Crippen LogP contribution in [0.25, 0.3) is 0 Å². The number of rotatable bonds is 3. The van der Waals surface area contributed by atoms with Crippen LogP contribution in [0.2, 0.25) is 0 Å². The summed E-state index contributed by atoms with van der Waals surface area (Å²) in [7, 11) is 0. The van der Waals surface area contributed by atoms with Crippen LogP contribution in [-0.2, 0) is 19.3 Å². The Morgan fingerprint density at radius 1 is 1.48 bits per heavy atom. The number of fused-ring (bicyclic) bond motifs is 1. The van der Waals surface area contributed by atoms with Crippen molar-refractivity contribution in [1.82, 2.24) is 5.16 Å². The van der Waals surface area contributed by atoms with Crippen molar-refractivity contribution in [2.75, 3.05) is 5.32 Å². The van der Waals surface area contributed by atoms with Crippen LogP contribution in [0.5, 0.6) is 0 Å². The van der Waals surface area contributed by atoms with E-state index in [1.165, 1.54) is 5.56 Å². The topological polar surface area (TPSA) is 55.1 Å². The predicted octanol–water partition coefficient (Wildman–Crippen LogP) is 3.61. The molecule has 1 amide bonds. The first-order valence-corrected chi connectivity index (χ1v) is 7.55. The van der Waals surface area contributed by atoms with Crippen molar-refractivity contribution >= 4 is 11.6 Å². The third-order valence-electron chi connectivity index (χ3n) is 4.09. The minimum absolute atomic E-state index is 0.178. The summed E-state index contributed by atoms with van der Waals surface area (Å²) < 4.78 is 5.33. The van der Waals surface area contributed by atoms with Crippen molar-refractivity contribution in [1.29, 1.82) is 0 Å². The molecule has 0 aliphatic heterocycles. The fourth-order valence-electron chi connectivity index (χ4n) is 2.82. The van der Waals surface area contributed by atoms with Crippen LogP contribution in [0.4, 0.5) is 5.69 Å². The van der Waals surface area contributed by atoms with E-state index < -0.39 is 0 Å². The molecular weight excluding hydrogens is 264 g/mol. The largest absolute Gasteiger partial charge is 0.360 e. The minimum Gasteiger partial charge on any atom is -0.360 e. The first kappa shape index (κ1) is 13.9. The number of nitrogens with one attached hydrogen (secondary N) is 1. The summed E-state index contributed by atoms with van der Waals surface area (Å²) in [5.41, 5.74) is 3.43. The van der Waals surface area contributed by atoms with E-state index in [0.717, 1.165) is 42.7 Å². The van der Waals surface area contributed by atoms with Crippen LogP contribution in [0.1, 0.15) is 47.6 Å². The molecule has 21 heavy (non-hydrogen) atoms. The van der Waals surface area contributed by atoms with Crippen molar-refractivity contribution in [2.45, 2.75) is 39.5 Å². The second kappa shape index (κ2) is 5.72. The van der Waals surface area contributed by atoms with Crippen molar-refractivity contribution in [3.8, 4) is 0 Å². The van der Waals surface area contributed by atoms with E-state index in [2.05, 4.69) is 30.4 Å². The van der Waals surface area contributed by atoms with E-state index >= 15 is 0 Å². The Balaban J connectivity index is 1.81. The van der Waals surface area contributed by atoms with Crippen LogP contribution < -0.4 is 5.32 Å². The maximum absolute atomic E-state index is 12.4. The van der Waals surface area contributed by atoms with Crippen LogP contribution in [0, 0.1) is 5.92 Å². The lowest BCUT2D eigenvalue weighted by molar-refractivity contribution is 0.101. The van der Waals surface area contributed by atoms with E-state index in [0.29, 0.717) is 11.6 Å². The number of hydrogen-bond acceptors (Lipinski definition) is 3. The van der Waals surface area contributed by atoms with Gasteiger partial charge in [0.2, 0.25) is 0 Å². The SMILES string of the molecule is CCc1cccc(NC(=O)c2noc3c2CC(C)CC3)c1. The highest BCUT2D eigenvalue weighted by molar-refractivity contribution is 6.04. The molecule has 110 valence electrons. The summed E-state index contributed by atoms with van der Waals surface area (Å²) in [6.45, 7) is 4.29. The number of amides is 1. The van der Waals surface area contributed by atoms with Crippen molar-refractivity contribution in [3.05, 3.63) is 46.8 Å². The van der Waals surface area contributed by atoms with Gasteiger partial charge in [-0.25, -0.2) is 0 Å². The highest BCUT2D eigenvalue weighted by atomic mass is 16.5. The average Bonchev–Trinajstić information content (AvgIpc) is 2.90. The molecule has 1 heterocycles. The van der Waals surface area contributed by atoms with Gasteiger partial charge in [0.1, 0.15) is 5.76 Å². The van der Waals surface area contributed by atoms with Crippen LogP contribution in [0.15, 0.2) is 28.8 Å². The van der Waals surface area contributed by atoms with Gasteiger partial charge in [-0.3, -0.25) is 4.79 Å². The van der Waals surface area contributed by atoms with Gasteiger partial charge in [-0.15, -0.1) is 0 Å². The molecule has 1 aliphatic rings. The Morgan fingerprint density at radius 3 is 3.14 bits per heavy atom. The second-order valence-corrected chi connectivity index (χ2v) is 5.79. The lowest BCUT2D eigenvalue weighted by Crippen LogP contribution is -2.18. The number of aryl methyl sites for hydroxylation is 2. The Morgan fingerprint density at radius 2 is 2.33 bits per heavy atom. The van der Waals surface area contributed by atoms with Gasteiger partial charge in [0.15, 0.2) is 5.69 Å². The minimum atomic E-state index is -0.178. The number of anilines is 1. The zero-order chi connectivity index (χ0) is 14.8. The van der Waals surface area contributed by atoms with Gasteiger partial charge in [0.25, 0.3) is 5.91 Å². The maximum atomic E-state index is 12.4. The summed E-state index contributed by atoms with van der Waals surface area (Å²) in [6, 6.07) is 7.89. The molecular formula is C17H20N2O2. The fourth-order valence-corrected chi connectivity index (χ4v) is 2.82. The van der Waals surface area contributed by atoms with Gasteiger partial charge in [-0.05, 0) is 42.9 Å². The zero-order valence-corrected chi connectivity index (χ0v) is 12.5. The van der Waals surface area contributed by atoms with Gasteiger partial charge in [-0.1, -0.05) is 31.1 Å². The summed E-state index contributed by atoms with van der Waals surface area (Å²) in [5, 5.41) is 6.91. The lowest BCUT2D eigenvalue weighted by atomic mass is 9.88. The van der Waals surface area contributed by atoms with Gasteiger partial charge < -0.3 is 9.84 Å². The Hall–Kier alpha value is -2.10. The maximum Gasteiger partial charge on any atom is 0.278 e.